The largest absolute Gasteiger partial charge is 0.349 e. The van der Waals surface area contributed by atoms with E-state index in [1.165, 1.54) is 12.1 Å². The Kier molecular flexibility index (Phi) is 5.04. The molecule has 2 rings (SSSR count). The third-order valence-electron chi connectivity index (χ3n) is 3.47. The van der Waals surface area contributed by atoms with Crippen molar-refractivity contribution in [1.82, 2.24) is 5.32 Å². The van der Waals surface area contributed by atoms with Crippen molar-refractivity contribution in [3.63, 3.8) is 0 Å². The van der Waals surface area contributed by atoms with E-state index in [9.17, 15) is 14.9 Å². The lowest BCUT2D eigenvalue weighted by Gasteiger charge is -2.13. The lowest BCUT2D eigenvalue weighted by Crippen LogP contribution is -2.33. The smallest absolute Gasteiger partial charge is 0.284 e. The Labute approximate surface area is 129 Å². The van der Waals surface area contributed by atoms with E-state index >= 15 is 0 Å². The molecule has 20 heavy (non-hydrogen) atoms. The number of amides is 1. The number of halogens is 1. The summed E-state index contributed by atoms with van der Waals surface area (Å²) >= 11 is 4.97. The monoisotopic (exact) mass is 358 g/mol. The zero-order valence-corrected chi connectivity index (χ0v) is 13.4. The molecule has 0 radical (unpaired) electrons. The molecule has 0 aromatic heterocycles. The van der Waals surface area contributed by atoms with E-state index < -0.39 is 4.92 Å². The van der Waals surface area contributed by atoms with Gasteiger partial charge >= 0.3 is 0 Å². The molecule has 7 heteroatoms. The molecule has 1 fully saturated rings. The fraction of sp³-hybridized carbons (Fsp3) is 0.462. The van der Waals surface area contributed by atoms with Crippen LogP contribution in [0.1, 0.15) is 29.6 Å². The molecule has 5 nitrogen and oxygen atoms in total. The molecule has 1 aliphatic carbocycles. The molecule has 2 unspecified atom stereocenters. The minimum Gasteiger partial charge on any atom is -0.349 e. The molecule has 0 heterocycles. The molecular weight excluding hydrogens is 344 g/mol. The summed E-state index contributed by atoms with van der Waals surface area (Å²) in [4.78, 5) is 22.6. The number of carbonyl (C=O) groups is 1. The van der Waals surface area contributed by atoms with E-state index in [1.54, 1.807) is 6.07 Å². The number of hydrogen-bond donors (Lipinski definition) is 1. The van der Waals surface area contributed by atoms with Crippen molar-refractivity contribution in [2.75, 3.05) is 6.26 Å². The van der Waals surface area contributed by atoms with Gasteiger partial charge in [0.25, 0.3) is 11.6 Å². The molecule has 108 valence electrons. The van der Waals surface area contributed by atoms with Crippen molar-refractivity contribution in [3.05, 3.63) is 38.3 Å². The van der Waals surface area contributed by atoms with E-state index in [2.05, 4.69) is 27.5 Å². The van der Waals surface area contributed by atoms with Crippen molar-refractivity contribution < 1.29 is 9.72 Å². The Bertz CT molecular complexity index is 538. The van der Waals surface area contributed by atoms with Gasteiger partial charge in [-0.05, 0) is 47.5 Å². The summed E-state index contributed by atoms with van der Waals surface area (Å²) in [5.41, 5.74) is 0.220. The highest BCUT2D eigenvalue weighted by atomic mass is 79.9. The first-order valence-electron chi connectivity index (χ1n) is 6.29. The summed E-state index contributed by atoms with van der Waals surface area (Å²) < 4.78 is 0.238. The molecule has 0 bridgehead atoms. The number of nitrogens with zero attached hydrogens (tertiary/aromatic N) is 1. The van der Waals surface area contributed by atoms with Crippen molar-refractivity contribution in [1.29, 1.82) is 0 Å². The standard InChI is InChI=1S/C13H15BrN2O3S/c1-20-9-6-5-8(7-9)15-13(17)10-3-2-4-11(12(10)14)16(18)19/h2-4,8-9H,5-7H2,1H3,(H,15,17). The number of nitro benzene ring substituents is 1. The van der Waals surface area contributed by atoms with E-state index in [0.717, 1.165) is 19.3 Å². The molecule has 0 spiro atoms. The highest BCUT2D eigenvalue weighted by Crippen LogP contribution is 2.30. The van der Waals surface area contributed by atoms with Crippen LogP contribution in [0, 0.1) is 10.1 Å². The Morgan fingerprint density at radius 3 is 2.85 bits per heavy atom. The molecule has 1 aliphatic rings. The zero-order chi connectivity index (χ0) is 14.7. The molecule has 1 aromatic carbocycles. The van der Waals surface area contributed by atoms with Gasteiger partial charge in [0.05, 0.1) is 10.5 Å². The van der Waals surface area contributed by atoms with Crippen LogP contribution < -0.4 is 5.32 Å². The number of nitrogens with one attached hydrogen (secondary N) is 1. The maximum Gasteiger partial charge on any atom is 0.284 e. The van der Waals surface area contributed by atoms with Crippen LogP contribution in [0.4, 0.5) is 5.69 Å². The number of benzene rings is 1. The third-order valence-corrected chi connectivity index (χ3v) is 5.40. The second-order valence-electron chi connectivity index (χ2n) is 4.74. The van der Waals surface area contributed by atoms with Gasteiger partial charge in [0.2, 0.25) is 0 Å². The van der Waals surface area contributed by atoms with Gasteiger partial charge in [-0.3, -0.25) is 14.9 Å². The van der Waals surface area contributed by atoms with Gasteiger partial charge in [-0.1, -0.05) is 6.07 Å². The van der Waals surface area contributed by atoms with E-state index in [0.29, 0.717) is 10.8 Å². The Morgan fingerprint density at radius 2 is 2.25 bits per heavy atom. The number of carbonyl (C=O) groups excluding carboxylic acids is 1. The molecular formula is C13H15BrN2O3S. The minimum atomic E-state index is -0.500. The SMILES string of the molecule is CSC1CCC(NC(=O)c2cccc([N+](=O)[O-])c2Br)C1. The maximum atomic E-state index is 12.2. The molecule has 1 amide bonds. The van der Waals surface area contributed by atoms with E-state index in [-0.39, 0.29) is 22.1 Å². The predicted molar refractivity (Wildman–Crippen MR) is 83.2 cm³/mol. The highest BCUT2D eigenvalue weighted by Gasteiger charge is 2.27. The van der Waals surface area contributed by atoms with Crippen LogP contribution in [0.15, 0.2) is 22.7 Å². The third kappa shape index (κ3) is 3.32. The van der Waals surface area contributed by atoms with Gasteiger partial charge in [-0.25, -0.2) is 0 Å². The number of nitro groups is 1. The lowest BCUT2D eigenvalue weighted by atomic mass is 10.1. The minimum absolute atomic E-state index is 0.0916. The average molecular weight is 359 g/mol. The molecule has 0 saturated heterocycles. The van der Waals surface area contributed by atoms with Gasteiger partial charge in [-0.2, -0.15) is 11.8 Å². The summed E-state index contributed by atoms with van der Waals surface area (Å²) in [7, 11) is 0. The normalized spacial score (nSPS) is 21.7. The second kappa shape index (κ2) is 6.58. The topological polar surface area (TPSA) is 72.2 Å². The van der Waals surface area contributed by atoms with Crippen molar-refractivity contribution in [3.8, 4) is 0 Å². The van der Waals surface area contributed by atoms with Gasteiger partial charge in [0, 0.05) is 17.4 Å². The maximum absolute atomic E-state index is 12.2. The van der Waals surface area contributed by atoms with Crippen LogP contribution in [0.3, 0.4) is 0 Å². The summed E-state index contributed by atoms with van der Waals surface area (Å²) in [6.07, 6.45) is 5.09. The zero-order valence-electron chi connectivity index (χ0n) is 11.0. The van der Waals surface area contributed by atoms with Crippen molar-refractivity contribution in [2.45, 2.75) is 30.6 Å². The van der Waals surface area contributed by atoms with Gasteiger partial charge in [-0.15, -0.1) is 0 Å². The van der Waals surface area contributed by atoms with Crippen molar-refractivity contribution in [2.24, 2.45) is 0 Å². The summed E-state index contributed by atoms with van der Waals surface area (Å²) in [6, 6.07) is 4.65. The average Bonchev–Trinajstić information content (AvgIpc) is 2.86. The van der Waals surface area contributed by atoms with E-state index in [1.807, 2.05) is 11.8 Å². The fourth-order valence-electron chi connectivity index (χ4n) is 2.38. The summed E-state index contributed by atoms with van der Waals surface area (Å²) in [5.74, 6) is -0.257. The number of hydrogen-bond acceptors (Lipinski definition) is 4. The van der Waals surface area contributed by atoms with Crippen LogP contribution in [-0.4, -0.2) is 28.4 Å². The van der Waals surface area contributed by atoms with Crippen LogP contribution in [0.5, 0.6) is 0 Å². The first kappa shape index (κ1) is 15.3. The lowest BCUT2D eigenvalue weighted by molar-refractivity contribution is -0.385. The Balaban J connectivity index is 2.10. The molecule has 0 aliphatic heterocycles. The fourth-order valence-corrected chi connectivity index (χ4v) is 3.77. The van der Waals surface area contributed by atoms with Crippen LogP contribution in [0.2, 0.25) is 0 Å². The molecule has 1 saturated carbocycles. The molecule has 1 aromatic rings. The first-order chi connectivity index (χ1) is 9.52. The molecule has 1 N–H and O–H groups in total. The number of thioether (sulfide) groups is 1. The predicted octanol–water partition coefficient (Wildman–Crippen LogP) is 3.37. The van der Waals surface area contributed by atoms with Crippen LogP contribution >= 0.6 is 27.7 Å². The Hall–Kier alpha value is -1.08. The van der Waals surface area contributed by atoms with Crippen molar-refractivity contribution >= 4 is 39.3 Å². The van der Waals surface area contributed by atoms with Gasteiger partial charge in [0.1, 0.15) is 4.47 Å². The summed E-state index contributed by atoms with van der Waals surface area (Å²) in [6.45, 7) is 0. The van der Waals surface area contributed by atoms with E-state index in [4.69, 9.17) is 0 Å². The van der Waals surface area contributed by atoms with Gasteiger partial charge in [0.15, 0.2) is 0 Å². The first-order valence-corrected chi connectivity index (χ1v) is 8.37. The molecule has 2 atom stereocenters. The number of rotatable bonds is 4. The quantitative estimate of drug-likeness (QED) is 0.661. The van der Waals surface area contributed by atoms with Gasteiger partial charge < -0.3 is 5.32 Å². The summed E-state index contributed by atoms with van der Waals surface area (Å²) in [5, 5.41) is 14.4. The van der Waals surface area contributed by atoms with Crippen LogP contribution in [-0.2, 0) is 0 Å². The highest BCUT2D eigenvalue weighted by molar-refractivity contribution is 9.10. The van der Waals surface area contributed by atoms with Crippen LogP contribution in [0.25, 0.3) is 0 Å². The Morgan fingerprint density at radius 1 is 1.50 bits per heavy atom. The second-order valence-corrected chi connectivity index (χ2v) is 6.67.